The van der Waals surface area contributed by atoms with E-state index in [1.165, 1.54) is 19.0 Å². The third kappa shape index (κ3) is 3.59. The molecule has 1 N–H and O–H groups in total. The molecule has 0 spiro atoms. The maximum atomic E-state index is 12.2. The zero-order chi connectivity index (χ0) is 18.7. The van der Waals surface area contributed by atoms with Gasteiger partial charge in [0.15, 0.2) is 0 Å². The summed E-state index contributed by atoms with van der Waals surface area (Å²) < 4.78 is 0. The largest absolute Gasteiger partial charge is 0.352 e. The molecule has 26 heavy (non-hydrogen) atoms. The molecule has 2 aromatic carbocycles. The molecule has 1 atom stereocenters. The highest BCUT2D eigenvalue weighted by Gasteiger charge is 2.41. The van der Waals surface area contributed by atoms with E-state index < -0.39 is 6.04 Å². The van der Waals surface area contributed by atoms with Crippen LogP contribution in [0, 0.1) is 0 Å². The number of hydrogen-bond donors (Lipinski definition) is 1. The Labute approximate surface area is 152 Å². The highest BCUT2D eigenvalue weighted by Crippen LogP contribution is 2.20. The van der Waals surface area contributed by atoms with E-state index in [1.54, 1.807) is 0 Å². The first-order valence-electron chi connectivity index (χ1n) is 8.43. The van der Waals surface area contributed by atoms with Crippen LogP contribution in [0.2, 0.25) is 0 Å². The molecule has 0 aliphatic carbocycles. The SMILES string of the molecule is CN1C(=O)C(CC(=O)NCc2cccc(-c3ccccc3)c2)N(C)C1=O. The van der Waals surface area contributed by atoms with Crippen molar-refractivity contribution in [2.24, 2.45) is 0 Å². The molecule has 1 aliphatic heterocycles. The van der Waals surface area contributed by atoms with Gasteiger partial charge in [0.1, 0.15) is 6.04 Å². The highest BCUT2D eigenvalue weighted by atomic mass is 16.2. The summed E-state index contributed by atoms with van der Waals surface area (Å²) >= 11 is 0. The van der Waals surface area contributed by atoms with Crippen LogP contribution >= 0.6 is 0 Å². The molecule has 0 radical (unpaired) electrons. The Hall–Kier alpha value is -3.15. The molecule has 0 saturated carbocycles. The lowest BCUT2D eigenvalue weighted by atomic mass is 10.0. The van der Waals surface area contributed by atoms with Crippen LogP contribution in [0.25, 0.3) is 11.1 Å². The van der Waals surface area contributed by atoms with E-state index in [0.717, 1.165) is 21.6 Å². The lowest BCUT2D eigenvalue weighted by Gasteiger charge is -2.15. The second kappa shape index (κ2) is 7.39. The van der Waals surface area contributed by atoms with Crippen LogP contribution in [0.3, 0.4) is 0 Å². The first-order valence-corrected chi connectivity index (χ1v) is 8.43. The number of imide groups is 1. The van der Waals surface area contributed by atoms with E-state index in [-0.39, 0.29) is 24.3 Å². The fourth-order valence-corrected chi connectivity index (χ4v) is 3.02. The summed E-state index contributed by atoms with van der Waals surface area (Å²) in [6.07, 6.45) is -0.0379. The average molecular weight is 351 g/mol. The molecule has 6 heteroatoms. The van der Waals surface area contributed by atoms with Gasteiger partial charge < -0.3 is 10.2 Å². The first-order chi connectivity index (χ1) is 12.5. The van der Waals surface area contributed by atoms with E-state index in [2.05, 4.69) is 5.32 Å². The molecule has 1 aliphatic rings. The fourth-order valence-electron chi connectivity index (χ4n) is 3.02. The number of rotatable bonds is 5. The second-order valence-electron chi connectivity index (χ2n) is 6.35. The summed E-state index contributed by atoms with van der Waals surface area (Å²) in [7, 11) is 2.96. The second-order valence-corrected chi connectivity index (χ2v) is 6.35. The fraction of sp³-hybridized carbons (Fsp3) is 0.250. The van der Waals surface area contributed by atoms with E-state index in [0.29, 0.717) is 6.54 Å². The van der Waals surface area contributed by atoms with Gasteiger partial charge in [0.2, 0.25) is 5.91 Å². The Morgan fingerprint density at radius 2 is 1.69 bits per heavy atom. The zero-order valence-corrected chi connectivity index (χ0v) is 14.8. The van der Waals surface area contributed by atoms with Crippen molar-refractivity contribution in [3.8, 4) is 11.1 Å². The van der Waals surface area contributed by atoms with Crippen LogP contribution in [-0.2, 0) is 16.1 Å². The number of hydrogen-bond acceptors (Lipinski definition) is 3. The van der Waals surface area contributed by atoms with Crippen molar-refractivity contribution in [1.82, 2.24) is 15.1 Å². The highest BCUT2D eigenvalue weighted by molar-refractivity contribution is 6.05. The molecule has 1 fully saturated rings. The Bertz CT molecular complexity index is 835. The molecule has 1 unspecified atom stereocenters. The Kier molecular flexibility index (Phi) is 5.02. The predicted molar refractivity (Wildman–Crippen MR) is 98.1 cm³/mol. The van der Waals surface area contributed by atoms with Gasteiger partial charge in [-0.1, -0.05) is 48.5 Å². The Balaban J connectivity index is 1.60. The standard InChI is InChI=1S/C20H21N3O3/c1-22-17(19(25)23(2)20(22)26)12-18(24)21-13-14-7-6-10-16(11-14)15-8-4-3-5-9-15/h3-11,17H,12-13H2,1-2H3,(H,21,24). The van der Waals surface area contributed by atoms with Crippen LogP contribution in [0.5, 0.6) is 0 Å². The summed E-state index contributed by atoms with van der Waals surface area (Å²) in [5.41, 5.74) is 3.16. The van der Waals surface area contributed by atoms with Gasteiger partial charge in [-0.25, -0.2) is 4.79 Å². The molecule has 1 heterocycles. The molecule has 4 amide bonds. The van der Waals surface area contributed by atoms with Crippen molar-refractivity contribution in [3.05, 3.63) is 60.2 Å². The number of carbonyl (C=O) groups is 3. The lowest BCUT2D eigenvalue weighted by Crippen LogP contribution is -2.37. The van der Waals surface area contributed by atoms with Crippen molar-refractivity contribution in [1.29, 1.82) is 0 Å². The van der Waals surface area contributed by atoms with Gasteiger partial charge in [-0.3, -0.25) is 14.5 Å². The summed E-state index contributed by atoms with van der Waals surface area (Å²) in [5, 5.41) is 2.83. The third-order valence-electron chi connectivity index (χ3n) is 4.57. The number of benzene rings is 2. The molecule has 0 aromatic heterocycles. The first kappa shape index (κ1) is 17.7. The summed E-state index contributed by atoms with van der Waals surface area (Å²) in [6, 6.07) is 16.8. The van der Waals surface area contributed by atoms with Crippen molar-refractivity contribution >= 4 is 17.8 Å². The van der Waals surface area contributed by atoms with E-state index >= 15 is 0 Å². The lowest BCUT2D eigenvalue weighted by molar-refractivity contribution is -0.131. The Morgan fingerprint density at radius 1 is 1.00 bits per heavy atom. The van der Waals surface area contributed by atoms with Gasteiger partial charge in [-0.15, -0.1) is 0 Å². The van der Waals surface area contributed by atoms with Gasteiger partial charge in [-0.2, -0.15) is 0 Å². The van der Waals surface area contributed by atoms with Gasteiger partial charge in [0.05, 0.1) is 6.42 Å². The summed E-state index contributed by atoms with van der Waals surface area (Å²) in [6.45, 7) is 0.369. The van der Waals surface area contributed by atoms with Crippen LogP contribution in [0.1, 0.15) is 12.0 Å². The van der Waals surface area contributed by atoms with Crippen molar-refractivity contribution in [3.63, 3.8) is 0 Å². The molecule has 3 rings (SSSR count). The van der Waals surface area contributed by atoms with Gasteiger partial charge in [-0.05, 0) is 22.8 Å². The van der Waals surface area contributed by atoms with E-state index in [1.807, 2.05) is 54.6 Å². The van der Waals surface area contributed by atoms with Gasteiger partial charge in [0.25, 0.3) is 5.91 Å². The predicted octanol–water partition coefficient (Wildman–Crippen LogP) is 2.25. The van der Waals surface area contributed by atoms with Crippen LogP contribution < -0.4 is 5.32 Å². The molecule has 2 aromatic rings. The van der Waals surface area contributed by atoms with Crippen molar-refractivity contribution < 1.29 is 14.4 Å². The minimum atomic E-state index is -0.733. The average Bonchev–Trinajstić information content (AvgIpc) is 2.85. The normalized spacial score (nSPS) is 16.9. The summed E-state index contributed by atoms with van der Waals surface area (Å²) in [5.74, 6) is -0.609. The van der Waals surface area contributed by atoms with Gasteiger partial charge >= 0.3 is 6.03 Å². The minimum Gasteiger partial charge on any atom is -0.352 e. The maximum Gasteiger partial charge on any atom is 0.326 e. The molecule has 6 nitrogen and oxygen atoms in total. The number of urea groups is 1. The van der Waals surface area contributed by atoms with Crippen molar-refractivity contribution in [2.75, 3.05) is 14.1 Å². The number of nitrogens with zero attached hydrogens (tertiary/aromatic N) is 2. The smallest absolute Gasteiger partial charge is 0.326 e. The molecular weight excluding hydrogens is 330 g/mol. The van der Waals surface area contributed by atoms with Gasteiger partial charge in [0, 0.05) is 20.6 Å². The van der Waals surface area contributed by atoms with Crippen molar-refractivity contribution in [2.45, 2.75) is 19.0 Å². The number of carbonyl (C=O) groups excluding carboxylic acids is 3. The monoisotopic (exact) mass is 351 g/mol. The van der Waals surface area contributed by atoms with E-state index in [4.69, 9.17) is 0 Å². The molecular formula is C20H21N3O3. The number of amides is 4. The third-order valence-corrected chi connectivity index (χ3v) is 4.57. The number of likely N-dealkylation sites (N-methyl/N-ethyl adjacent to an activating group) is 2. The van der Waals surface area contributed by atoms with E-state index in [9.17, 15) is 14.4 Å². The number of nitrogens with one attached hydrogen (secondary N) is 1. The molecule has 1 saturated heterocycles. The minimum absolute atomic E-state index is 0.0379. The Morgan fingerprint density at radius 3 is 2.35 bits per heavy atom. The molecule has 134 valence electrons. The molecule has 0 bridgehead atoms. The maximum absolute atomic E-state index is 12.2. The summed E-state index contributed by atoms with van der Waals surface area (Å²) in [4.78, 5) is 38.3. The van der Waals surface area contributed by atoms with Crippen LogP contribution in [0.4, 0.5) is 4.79 Å². The zero-order valence-electron chi connectivity index (χ0n) is 14.8. The van der Waals surface area contributed by atoms with Crippen LogP contribution in [-0.4, -0.2) is 47.8 Å². The van der Waals surface area contributed by atoms with Crippen LogP contribution in [0.15, 0.2) is 54.6 Å². The quantitative estimate of drug-likeness (QED) is 0.840. The topological polar surface area (TPSA) is 69.7 Å².